The van der Waals surface area contributed by atoms with E-state index in [1.54, 1.807) is 18.3 Å². The number of amides is 1. The zero-order valence-corrected chi connectivity index (χ0v) is 19.2. The van der Waals surface area contributed by atoms with Gasteiger partial charge in [0.15, 0.2) is 0 Å². The molecule has 0 unspecified atom stereocenters. The highest BCUT2D eigenvalue weighted by Crippen LogP contribution is 2.27. The largest absolute Gasteiger partial charge is 0.506 e. The van der Waals surface area contributed by atoms with E-state index in [4.69, 9.17) is 4.74 Å². The lowest BCUT2D eigenvalue weighted by Gasteiger charge is -2.35. The number of rotatable bonds is 5. The molecular weight excluding hydrogens is 408 g/mol. The van der Waals surface area contributed by atoms with Crippen LogP contribution in [0.3, 0.4) is 0 Å². The van der Waals surface area contributed by atoms with Gasteiger partial charge in [-0.2, -0.15) is 0 Å². The minimum Gasteiger partial charge on any atom is -0.506 e. The summed E-state index contributed by atoms with van der Waals surface area (Å²) in [6.07, 6.45) is 5.75. The molecule has 0 radical (unpaired) electrons. The first kappa shape index (κ1) is 22.7. The van der Waals surface area contributed by atoms with Gasteiger partial charge in [0.25, 0.3) is 11.5 Å². The van der Waals surface area contributed by atoms with Gasteiger partial charge in [0.2, 0.25) is 0 Å². The predicted octanol–water partition coefficient (Wildman–Crippen LogP) is 2.52. The number of carbonyl (C=O) groups is 1. The zero-order valence-electron chi connectivity index (χ0n) is 19.2. The maximum absolute atomic E-state index is 13.4. The number of hydrogen-bond acceptors (Lipinski definition) is 6. The summed E-state index contributed by atoms with van der Waals surface area (Å²) in [6.45, 7) is 8.89. The number of carbonyl (C=O) groups excluding carboxylic acids is 1. The standard InChI is InChI=1S/C24H34N4O4/c1-15-6-8-18(9-7-15)26-23(30)20-21(29)19-5-4-10-25-22(19)28(24(20)31)12-11-27-13-16(2)32-17(3)14-27/h4-5,10,15-18,29H,6-9,11-14H2,1-3H3,(H,26,30)/t15-,16-,17-,18+/m0/s1. The number of aromatic nitrogens is 2. The lowest BCUT2D eigenvalue weighted by atomic mass is 9.87. The van der Waals surface area contributed by atoms with Crippen LogP contribution < -0.4 is 10.9 Å². The Morgan fingerprint density at radius 2 is 1.84 bits per heavy atom. The van der Waals surface area contributed by atoms with E-state index >= 15 is 0 Å². The molecule has 8 heteroatoms. The molecule has 1 saturated heterocycles. The minimum absolute atomic E-state index is 0.0341. The summed E-state index contributed by atoms with van der Waals surface area (Å²) < 4.78 is 7.32. The fraction of sp³-hybridized carbons (Fsp3) is 0.625. The van der Waals surface area contributed by atoms with Gasteiger partial charge in [0.1, 0.15) is 17.0 Å². The molecule has 1 saturated carbocycles. The van der Waals surface area contributed by atoms with Gasteiger partial charge in [-0.1, -0.05) is 6.92 Å². The quantitative estimate of drug-likeness (QED) is 0.739. The lowest BCUT2D eigenvalue weighted by molar-refractivity contribution is -0.0685. The van der Waals surface area contributed by atoms with Gasteiger partial charge in [0.05, 0.1) is 17.6 Å². The first-order chi connectivity index (χ1) is 15.3. The molecule has 2 atom stereocenters. The monoisotopic (exact) mass is 442 g/mol. The Morgan fingerprint density at radius 3 is 2.53 bits per heavy atom. The van der Waals surface area contributed by atoms with Gasteiger partial charge in [0, 0.05) is 38.4 Å². The van der Waals surface area contributed by atoms with E-state index in [2.05, 4.69) is 22.1 Å². The SMILES string of the molecule is C[C@H]1CN(CCn2c(=O)c(C(=O)N[C@H]3CC[C@@H](C)CC3)c(O)c3cccnc32)C[C@H](C)O1. The highest BCUT2D eigenvalue weighted by atomic mass is 16.5. The van der Waals surface area contributed by atoms with Crippen LogP contribution in [-0.4, -0.2) is 63.3 Å². The molecule has 8 nitrogen and oxygen atoms in total. The van der Waals surface area contributed by atoms with E-state index in [-0.39, 0.29) is 29.6 Å². The summed E-state index contributed by atoms with van der Waals surface area (Å²) in [5.41, 5.74) is -0.287. The first-order valence-corrected chi connectivity index (χ1v) is 11.7. The summed E-state index contributed by atoms with van der Waals surface area (Å²) in [5, 5.41) is 14.2. The van der Waals surface area contributed by atoms with Crippen molar-refractivity contribution in [3.05, 3.63) is 34.2 Å². The molecule has 4 rings (SSSR count). The Morgan fingerprint density at radius 1 is 1.16 bits per heavy atom. The first-order valence-electron chi connectivity index (χ1n) is 11.7. The van der Waals surface area contributed by atoms with Crippen molar-refractivity contribution < 1.29 is 14.6 Å². The van der Waals surface area contributed by atoms with E-state index in [1.807, 2.05) is 13.8 Å². The maximum atomic E-state index is 13.4. The van der Waals surface area contributed by atoms with E-state index in [1.165, 1.54) is 4.57 Å². The minimum atomic E-state index is -0.500. The van der Waals surface area contributed by atoms with Crippen LogP contribution in [-0.2, 0) is 11.3 Å². The third kappa shape index (κ3) is 4.81. The van der Waals surface area contributed by atoms with Crippen molar-refractivity contribution >= 4 is 16.9 Å². The van der Waals surface area contributed by atoms with Gasteiger partial charge in [-0.15, -0.1) is 0 Å². The molecule has 2 aliphatic rings. The molecule has 0 bridgehead atoms. The average molecular weight is 443 g/mol. The van der Waals surface area contributed by atoms with E-state index in [0.29, 0.717) is 30.0 Å². The van der Waals surface area contributed by atoms with Crippen LogP contribution in [0.4, 0.5) is 0 Å². The van der Waals surface area contributed by atoms with Gasteiger partial charge in [-0.25, -0.2) is 4.98 Å². The number of fused-ring (bicyclic) bond motifs is 1. The zero-order chi connectivity index (χ0) is 22.8. The molecule has 2 N–H and O–H groups in total. The van der Waals surface area contributed by atoms with Crippen molar-refractivity contribution in [2.24, 2.45) is 5.92 Å². The number of nitrogens with zero attached hydrogens (tertiary/aromatic N) is 3. The van der Waals surface area contributed by atoms with Crippen molar-refractivity contribution in [2.45, 2.75) is 71.2 Å². The van der Waals surface area contributed by atoms with Crippen LogP contribution >= 0.6 is 0 Å². The van der Waals surface area contributed by atoms with Gasteiger partial charge < -0.3 is 15.2 Å². The summed E-state index contributed by atoms with van der Waals surface area (Å²) in [5.74, 6) is -0.129. The van der Waals surface area contributed by atoms with Crippen LogP contribution in [0.15, 0.2) is 23.1 Å². The Labute approximate surface area is 188 Å². The molecule has 174 valence electrons. The average Bonchev–Trinajstić information content (AvgIpc) is 2.75. The van der Waals surface area contributed by atoms with Crippen LogP contribution in [0.25, 0.3) is 11.0 Å². The maximum Gasteiger partial charge on any atom is 0.268 e. The lowest BCUT2D eigenvalue weighted by Crippen LogP contribution is -2.47. The molecule has 2 aromatic heterocycles. The third-order valence-corrected chi connectivity index (χ3v) is 6.71. The van der Waals surface area contributed by atoms with Crippen LogP contribution in [0.2, 0.25) is 0 Å². The number of ether oxygens (including phenoxy) is 1. The summed E-state index contributed by atoms with van der Waals surface area (Å²) in [7, 11) is 0. The van der Waals surface area contributed by atoms with Gasteiger partial charge >= 0.3 is 0 Å². The molecule has 32 heavy (non-hydrogen) atoms. The summed E-state index contributed by atoms with van der Waals surface area (Å²) in [6, 6.07) is 3.43. The second kappa shape index (κ2) is 9.58. The van der Waals surface area contributed by atoms with Crippen molar-refractivity contribution in [3.63, 3.8) is 0 Å². The summed E-state index contributed by atoms with van der Waals surface area (Å²) in [4.78, 5) is 33.1. The van der Waals surface area contributed by atoms with E-state index in [9.17, 15) is 14.7 Å². The number of nitrogens with one attached hydrogen (secondary N) is 1. The second-order valence-electron chi connectivity index (χ2n) is 9.50. The number of pyridine rings is 2. The third-order valence-electron chi connectivity index (χ3n) is 6.71. The molecule has 2 aromatic rings. The Kier molecular flexibility index (Phi) is 6.81. The Bertz CT molecular complexity index is 1020. The predicted molar refractivity (Wildman–Crippen MR) is 123 cm³/mol. The molecular formula is C24H34N4O4. The van der Waals surface area contributed by atoms with Crippen molar-refractivity contribution in [3.8, 4) is 5.75 Å². The van der Waals surface area contributed by atoms with Gasteiger partial charge in [-0.05, 0) is 57.6 Å². The molecule has 2 fully saturated rings. The Hall–Kier alpha value is -2.45. The molecule has 1 aliphatic carbocycles. The topological polar surface area (TPSA) is 96.7 Å². The summed E-state index contributed by atoms with van der Waals surface area (Å²) >= 11 is 0. The van der Waals surface area contributed by atoms with E-state index < -0.39 is 11.5 Å². The van der Waals surface area contributed by atoms with Crippen molar-refractivity contribution in [1.82, 2.24) is 19.8 Å². The highest BCUT2D eigenvalue weighted by Gasteiger charge is 2.27. The number of aromatic hydroxyl groups is 1. The number of morpholine rings is 1. The molecule has 0 spiro atoms. The molecule has 3 heterocycles. The van der Waals surface area contributed by atoms with Crippen molar-refractivity contribution in [1.29, 1.82) is 0 Å². The van der Waals surface area contributed by atoms with Crippen LogP contribution in [0.5, 0.6) is 5.75 Å². The van der Waals surface area contributed by atoms with Crippen LogP contribution in [0, 0.1) is 5.92 Å². The fourth-order valence-corrected chi connectivity index (χ4v) is 5.05. The van der Waals surface area contributed by atoms with Gasteiger partial charge in [-0.3, -0.25) is 19.1 Å². The van der Waals surface area contributed by atoms with E-state index in [0.717, 1.165) is 38.8 Å². The molecule has 1 amide bonds. The smallest absolute Gasteiger partial charge is 0.268 e. The van der Waals surface area contributed by atoms with Crippen molar-refractivity contribution in [2.75, 3.05) is 19.6 Å². The molecule has 0 aromatic carbocycles. The number of hydrogen-bond donors (Lipinski definition) is 2. The Balaban J connectivity index is 1.62. The normalized spacial score (nSPS) is 26.8. The molecule has 1 aliphatic heterocycles. The fourth-order valence-electron chi connectivity index (χ4n) is 5.05. The second-order valence-corrected chi connectivity index (χ2v) is 9.50. The highest BCUT2D eigenvalue weighted by molar-refractivity contribution is 6.01. The van der Waals surface area contributed by atoms with Crippen LogP contribution in [0.1, 0.15) is 56.8 Å².